The molecule has 2 aromatic carbocycles. The minimum Gasteiger partial charge on any atom is -0.398 e. The number of hydrogen-bond donors (Lipinski definition) is 2. The van der Waals surface area contributed by atoms with Crippen molar-refractivity contribution < 1.29 is 0 Å². The Kier molecular flexibility index (Phi) is 4.39. The van der Waals surface area contributed by atoms with Crippen molar-refractivity contribution in [3.05, 3.63) is 59.7 Å². The zero-order valence-electron chi connectivity index (χ0n) is 12.7. The van der Waals surface area contributed by atoms with Crippen molar-refractivity contribution in [2.75, 3.05) is 36.8 Å². The number of piperazine rings is 1. The normalized spacial score (nSPS) is 15.7. The summed E-state index contributed by atoms with van der Waals surface area (Å²) in [4.78, 5) is 4.81. The molecule has 1 aliphatic heterocycles. The third-order valence-electron chi connectivity index (χ3n) is 4.22. The number of rotatable bonds is 4. The Hall–Kier alpha value is -2.33. The molecule has 1 heterocycles. The maximum Gasteiger partial charge on any atom is 0.0477 e. The van der Waals surface area contributed by atoms with Gasteiger partial charge in [0.05, 0.1) is 0 Å². The van der Waals surface area contributed by atoms with E-state index in [4.69, 9.17) is 11.1 Å². The minimum absolute atomic E-state index is 0.680. The fourth-order valence-corrected chi connectivity index (χ4v) is 2.99. The summed E-state index contributed by atoms with van der Waals surface area (Å²) in [5.74, 6) is 0. The van der Waals surface area contributed by atoms with E-state index in [-0.39, 0.29) is 0 Å². The van der Waals surface area contributed by atoms with Crippen LogP contribution in [0, 0.1) is 5.41 Å². The predicted molar refractivity (Wildman–Crippen MR) is 92.7 cm³/mol. The molecule has 22 heavy (non-hydrogen) atoms. The predicted octanol–water partition coefficient (Wildman–Crippen LogP) is 2.59. The molecule has 2 aromatic rings. The molecule has 0 unspecified atom stereocenters. The third kappa shape index (κ3) is 3.12. The Balaban J connectivity index is 1.65. The first-order valence-electron chi connectivity index (χ1n) is 7.68. The molecule has 0 aliphatic carbocycles. The Morgan fingerprint density at radius 3 is 2.36 bits per heavy atom. The maximum absolute atomic E-state index is 7.59. The highest BCUT2D eigenvalue weighted by Gasteiger charge is 2.19. The van der Waals surface area contributed by atoms with Gasteiger partial charge < -0.3 is 16.0 Å². The third-order valence-corrected chi connectivity index (χ3v) is 4.22. The Labute approximate surface area is 131 Å². The van der Waals surface area contributed by atoms with E-state index in [1.165, 1.54) is 11.8 Å². The van der Waals surface area contributed by atoms with Gasteiger partial charge in [0.2, 0.25) is 0 Å². The molecule has 0 saturated carbocycles. The highest BCUT2D eigenvalue weighted by atomic mass is 15.3. The number of hydrogen-bond acceptors (Lipinski definition) is 4. The largest absolute Gasteiger partial charge is 0.398 e. The zero-order valence-corrected chi connectivity index (χ0v) is 12.7. The summed E-state index contributed by atoms with van der Waals surface area (Å²) in [5.41, 5.74) is 9.93. The van der Waals surface area contributed by atoms with E-state index in [9.17, 15) is 0 Å². The smallest absolute Gasteiger partial charge is 0.0477 e. The number of nitrogen functional groups attached to an aromatic ring is 1. The average Bonchev–Trinajstić information content (AvgIpc) is 2.56. The Bertz CT molecular complexity index is 631. The molecule has 1 saturated heterocycles. The second kappa shape index (κ2) is 6.62. The molecule has 1 aliphatic rings. The first kappa shape index (κ1) is 14.6. The van der Waals surface area contributed by atoms with Crippen LogP contribution in [-0.4, -0.2) is 37.3 Å². The summed E-state index contributed by atoms with van der Waals surface area (Å²) in [6.45, 7) is 5.00. The van der Waals surface area contributed by atoms with E-state index in [1.54, 1.807) is 0 Å². The van der Waals surface area contributed by atoms with Crippen LogP contribution in [0.25, 0.3) is 0 Å². The highest BCUT2D eigenvalue weighted by molar-refractivity contribution is 5.93. The quantitative estimate of drug-likeness (QED) is 0.673. The van der Waals surface area contributed by atoms with Crippen LogP contribution in [0.4, 0.5) is 11.4 Å². The van der Waals surface area contributed by atoms with E-state index in [2.05, 4.69) is 46.2 Å². The summed E-state index contributed by atoms with van der Waals surface area (Å²) in [5, 5.41) is 7.59. The van der Waals surface area contributed by atoms with Gasteiger partial charge in [-0.15, -0.1) is 0 Å². The van der Waals surface area contributed by atoms with E-state index in [0.29, 0.717) is 5.69 Å². The van der Waals surface area contributed by atoms with Gasteiger partial charge in [-0.3, -0.25) is 4.90 Å². The molecule has 3 rings (SSSR count). The zero-order chi connectivity index (χ0) is 15.4. The molecule has 4 heteroatoms. The van der Waals surface area contributed by atoms with Crippen molar-refractivity contribution >= 4 is 17.6 Å². The van der Waals surface area contributed by atoms with E-state index < -0.39 is 0 Å². The number of nitrogens with zero attached hydrogens (tertiary/aromatic N) is 2. The first-order chi connectivity index (χ1) is 10.8. The summed E-state index contributed by atoms with van der Waals surface area (Å²) < 4.78 is 0. The van der Waals surface area contributed by atoms with Gasteiger partial charge in [-0.25, -0.2) is 0 Å². The molecular weight excluding hydrogens is 272 g/mol. The monoisotopic (exact) mass is 294 g/mol. The van der Waals surface area contributed by atoms with Crippen molar-refractivity contribution in [1.82, 2.24) is 4.90 Å². The van der Waals surface area contributed by atoms with E-state index >= 15 is 0 Å². The second-order valence-electron chi connectivity index (χ2n) is 5.67. The summed E-state index contributed by atoms with van der Waals surface area (Å²) in [6, 6.07) is 16.5. The minimum atomic E-state index is 0.680. The molecule has 114 valence electrons. The van der Waals surface area contributed by atoms with Crippen molar-refractivity contribution in [3.8, 4) is 0 Å². The topological polar surface area (TPSA) is 56.4 Å². The fraction of sp³-hybridized carbons (Fsp3) is 0.278. The lowest BCUT2D eigenvalue weighted by atomic mass is 10.1. The Morgan fingerprint density at radius 2 is 1.68 bits per heavy atom. The molecule has 4 nitrogen and oxygen atoms in total. The van der Waals surface area contributed by atoms with Gasteiger partial charge in [-0.1, -0.05) is 36.4 Å². The van der Waals surface area contributed by atoms with Gasteiger partial charge in [0.15, 0.2) is 0 Å². The molecule has 0 aromatic heterocycles. The molecule has 0 spiro atoms. The van der Waals surface area contributed by atoms with Crippen LogP contribution < -0.4 is 10.6 Å². The number of anilines is 2. The maximum atomic E-state index is 7.59. The summed E-state index contributed by atoms with van der Waals surface area (Å²) in [6.07, 6.45) is 1.36. The fourth-order valence-electron chi connectivity index (χ4n) is 2.99. The van der Waals surface area contributed by atoms with Gasteiger partial charge in [0, 0.05) is 55.9 Å². The number of nitrogens with one attached hydrogen (secondary N) is 1. The van der Waals surface area contributed by atoms with Crippen LogP contribution in [0.3, 0.4) is 0 Å². The van der Waals surface area contributed by atoms with Crippen molar-refractivity contribution in [3.63, 3.8) is 0 Å². The van der Waals surface area contributed by atoms with Gasteiger partial charge in [0.1, 0.15) is 0 Å². The molecular formula is C18H22N4. The SMILES string of the molecule is N=Cc1c(N)cccc1N1CCN(Cc2ccccc2)CC1. The van der Waals surface area contributed by atoms with Crippen molar-refractivity contribution in [2.24, 2.45) is 0 Å². The van der Waals surface area contributed by atoms with E-state index in [0.717, 1.165) is 44.0 Å². The molecule has 0 amide bonds. The lowest BCUT2D eigenvalue weighted by Gasteiger charge is -2.37. The van der Waals surface area contributed by atoms with Crippen LogP contribution in [0.15, 0.2) is 48.5 Å². The van der Waals surface area contributed by atoms with E-state index in [1.807, 2.05) is 12.1 Å². The number of benzene rings is 2. The van der Waals surface area contributed by atoms with Crippen LogP contribution >= 0.6 is 0 Å². The lowest BCUT2D eigenvalue weighted by Crippen LogP contribution is -2.46. The molecule has 1 fully saturated rings. The molecule has 3 N–H and O–H groups in total. The molecule has 0 atom stereocenters. The summed E-state index contributed by atoms with van der Waals surface area (Å²) in [7, 11) is 0. The van der Waals surface area contributed by atoms with Gasteiger partial charge >= 0.3 is 0 Å². The van der Waals surface area contributed by atoms with Crippen molar-refractivity contribution in [1.29, 1.82) is 5.41 Å². The van der Waals surface area contributed by atoms with Gasteiger partial charge in [-0.2, -0.15) is 0 Å². The van der Waals surface area contributed by atoms with Crippen LogP contribution in [0.5, 0.6) is 0 Å². The van der Waals surface area contributed by atoms with Crippen LogP contribution in [0.2, 0.25) is 0 Å². The van der Waals surface area contributed by atoms with Crippen molar-refractivity contribution in [2.45, 2.75) is 6.54 Å². The second-order valence-corrected chi connectivity index (χ2v) is 5.67. The average molecular weight is 294 g/mol. The first-order valence-corrected chi connectivity index (χ1v) is 7.68. The number of nitrogens with two attached hydrogens (primary N) is 1. The summed E-state index contributed by atoms with van der Waals surface area (Å²) >= 11 is 0. The van der Waals surface area contributed by atoms with Gasteiger partial charge in [0.25, 0.3) is 0 Å². The molecule has 0 radical (unpaired) electrons. The van der Waals surface area contributed by atoms with Crippen LogP contribution in [-0.2, 0) is 6.54 Å². The Morgan fingerprint density at radius 1 is 0.955 bits per heavy atom. The highest BCUT2D eigenvalue weighted by Crippen LogP contribution is 2.25. The van der Waals surface area contributed by atoms with Gasteiger partial charge in [-0.05, 0) is 17.7 Å². The standard InChI is InChI=1S/C18H22N4/c19-13-16-17(20)7-4-8-18(16)22-11-9-21(10-12-22)14-15-5-2-1-3-6-15/h1-8,13,19H,9-12,14,20H2. The molecule has 0 bridgehead atoms. The lowest BCUT2D eigenvalue weighted by molar-refractivity contribution is 0.250. The van der Waals surface area contributed by atoms with Crippen LogP contribution in [0.1, 0.15) is 11.1 Å².